The maximum Gasteiger partial charge on any atom is 0.410 e. The number of amides is 1. The molecular weight excluding hydrogens is 346 g/mol. The molecule has 0 aromatic heterocycles. The van der Waals surface area contributed by atoms with Gasteiger partial charge in [-0.2, -0.15) is 0 Å². The Morgan fingerprint density at radius 2 is 1.67 bits per heavy atom. The van der Waals surface area contributed by atoms with E-state index in [9.17, 15) is 9.90 Å². The fraction of sp³-hybridized carbons (Fsp3) is 0.381. The van der Waals surface area contributed by atoms with Gasteiger partial charge < -0.3 is 19.3 Å². The average Bonchev–Trinajstić information content (AvgIpc) is 3.27. The highest BCUT2D eigenvalue weighted by molar-refractivity contribution is 5.69. The van der Waals surface area contributed by atoms with E-state index in [0.717, 1.165) is 11.1 Å². The topological polar surface area (TPSA) is 68.2 Å². The van der Waals surface area contributed by atoms with Gasteiger partial charge in [-0.25, -0.2) is 4.79 Å². The summed E-state index contributed by atoms with van der Waals surface area (Å²) in [6, 6.07) is 18.9. The molecule has 4 atom stereocenters. The van der Waals surface area contributed by atoms with Crippen molar-refractivity contribution in [1.82, 2.24) is 4.90 Å². The largest absolute Gasteiger partial charge is 0.445 e. The van der Waals surface area contributed by atoms with Crippen LogP contribution in [0.1, 0.15) is 11.1 Å². The van der Waals surface area contributed by atoms with Crippen LogP contribution in [0.2, 0.25) is 0 Å². The van der Waals surface area contributed by atoms with Gasteiger partial charge in [0.25, 0.3) is 0 Å². The van der Waals surface area contributed by atoms with Crippen LogP contribution in [0, 0.1) is 0 Å². The molecule has 1 N–H and O–H groups in total. The summed E-state index contributed by atoms with van der Waals surface area (Å²) in [5.41, 5.74) is 1.97. The molecule has 2 aromatic rings. The zero-order chi connectivity index (χ0) is 18.6. The first-order chi connectivity index (χ1) is 13.2. The molecule has 2 aliphatic rings. The number of benzene rings is 2. The van der Waals surface area contributed by atoms with Crippen molar-refractivity contribution in [2.24, 2.45) is 0 Å². The van der Waals surface area contributed by atoms with E-state index in [1.807, 2.05) is 60.7 Å². The van der Waals surface area contributed by atoms with Crippen molar-refractivity contribution in [3.8, 4) is 0 Å². The number of fused-ring (bicyclic) bond motifs is 1. The van der Waals surface area contributed by atoms with Crippen molar-refractivity contribution in [3.05, 3.63) is 71.8 Å². The number of nitrogens with zero attached hydrogens (tertiary/aromatic N) is 1. The van der Waals surface area contributed by atoms with Crippen LogP contribution in [0.15, 0.2) is 60.7 Å². The van der Waals surface area contributed by atoms with Gasteiger partial charge >= 0.3 is 6.09 Å². The van der Waals surface area contributed by atoms with Crippen LogP contribution in [0.5, 0.6) is 0 Å². The molecule has 4 rings (SSSR count). The van der Waals surface area contributed by atoms with Crippen molar-refractivity contribution < 1.29 is 24.1 Å². The second-order valence-corrected chi connectivity index (χ2v) is 6.88. The minimum atomic E-state index is -0.732. The van der Waals surface area contributed by atoms with E-state index in [-0.39, 0.29) is 25.4 Å². The van der Waals surface area contributed by atoms with Gasteiger partial charge in [0.15, 0.2) is 0 Å². The standard InChI is InChI=1S/C21H23NO5/c23-17-14-26-20-18(25-12-15-7-3-1-4-8-15)11-22(19(17)20)21(24)27-13-16-9-5-2-6-10-16/h1-10,17-20,23H,11-14H2/t17-,18?,19+,20?/m0/s1. The Hall–Kier alpha value is -2.41. The Bertz CT molecular complexity index is 754. The van der Waals surface area contributed by atoms with E-state index in [4.69, 9.17) is 14.2 Å². The van der Waals surface area contributed by atoms with Crippen LogP contribution in [0.25, 0.3) is 0 Å². The zero-order valence-electron chi connectivity index (χ0n) is 14.9. The summed E-state index contributed by atoms with van der Waals surface area (Å²) in [7, 11) is 0. The molecule has 0 radical (unpaired) electrons. The van der Waals surface area contributed by atoms with Crippen molar-refractivity contribution >= 4 is 6.09 Å². The number of rotatable bonds is 5. The molecule has 1 amide bonds. The molecule has 6 heteroatoms. The van der Waals surface area contributed by atoms with Crippen molar-refractivity contribution in [1.29, 1.82) is 0 Å². The number of carbonyl (C=O) groups is 1. The Kier molecular flexibility index (Phi) is 5.38. The van der Waals surface area contributed by atoms with E-state index in [0.29, 0.717) is 13.2 Å². The van der Waals surface area contributed by atoms with Gasteiger partial charge in [0.1, 0.15) is 24.9 Å². The Labute approximate surface area is 158 Å². The zero-order valence-corrected chi connectivity index (χ0v) is 14.9. The lowest BCUT2D eigenvalue weighted by molar-refractivity contribution is -0.0397. The number of ether oxygens (including phenoxy) is 3. The van der Waals surface area contributed by atoms with Gasteiger partial charge in [-0.3, -0.25) is 4.90 Å². The van der Waals surface area contributed by atoms with Gasteiger partial charge in [-0.15, -0.1) is 0 Å². The molecule has 2 unspecified atom stereocenters. The molecule has 2 aromatic carbocycles. The monoisotopic (exact) mass is 369 g/mol. The quantitative estimate of drug-likeness (QED) is 0.876. The lowest BCUT2D eigenvalue weighted by Gasteiger charge is -2.24. The lowest BCUT2D eigenvalue weighted by atomic mass is 10.1. The van der Waals surface area contributed by atoms with E-state index in [1.54, 1.807) is 4.90 Å². The maximum atomic E-state index is 12.6. The smallest absolute Gasteiger partial charge is 0.410 e. The molecule has 0 spiro atoms. The first kappa shape index (κ1) is 18.0. The van der Waals surface area contributed by atoms with Crippen LogP contribution in [-0.2, 0) is 27.4 Å². The summed E-state index contributed by atoms with van der Waals surface area (Å²) in [6.07, 6.45) is -1.82. The molecule has 27 heavy (non-hydrogen) atoms. The average molecular weight is 369 g/mol. The Morgan fingerprint density at radius 1 is 1.04 bits per heavy atom. The minimum absolute atomic E-state index is 0.194. The first-order valence-electron chi connectivity index (χ1n) is 9.15. The number of carbonyl (C=O) groups excluding carboxylic acids is 1. The Morgan fingerprint density at radius 3 is 2.33 bits per heavy atom. The molecule has 142 valence electrons. The summed E-state index contributed by atoms with van der Waals surface area (Å²) in [4.78, 5) is 14.2. The number of aliphatic hydroxyl groups excluding tert-OH is 1. The van der Waals surface area contributed by atoms with Crippen molar-refractivity contribution in [2.45, 2.75) is 37.6 Å². The summed E-state index contributed by atoms with van der Waals surface area (Å²) >= 11 is 0. The summed E-state index contributed by atoms with van der Waals surface area (Å²) in [5.74, 6) is 0. The van der Waals surface area contributed by atoms with Gasteiger partial charge in [-0.05, 0) is 11.1 Å². The van der Waals surface area contributed by atoms with Crippen LogP contribution in [0.4, 0.5) is 4.79 Å². The molecule has 2 aliphatic heterocycles. The number of hydrogen-bond donors (Lipinski definition) is 1. The summed E-state index contributed by atoms with van der Waals surface area (Å²) < 4.78 is 17.2. The highest BCUT2D eigenvalue weighted by Gasteiger charge is 2.53. The minimum Gasteiger partial charge on any atom is -0.445 e. The van der Waals surface area contributed by atoms with Crippen LogP contribution in [-0.4, -0.2) is 53.6 Å². The summed E-state index contributed by atoms with van der Waals surface area (Å²) in [6.45, 7) is 1.16. The predicted octanol–water partition coefficient (Wildman–Crippen LogP) is 2.35. The molecule has 2 heterocycles. The molecule has 0 saturated carbocycles. The van der Waals surface area contributed by atoms with Gasteiger partial charge in [0.2, 0.25) is 0 Å². The first-order valence-corrected chi connectivity index (χ1v) is 9.15. The maximum absolute atomic E-state index is 12.6. The third-order valence-corrected chi connectivity index (χ3v) is 5.04. The molecule has 6 nitrogen and oxygen atoms in total. The van der Waals surface area contributed by atoms with Crippen molar-refractivity contribution in [2.75, 3.05) is 13.2 Å². The summed E-state index contributed by atoms with van der Waals surface area (Å²) in [5, 5.41) is 10.3. The van der Waals surface area contributed by atoms with Gasteiger partial charge in [0.05, 0.1) is 25.8 Å². The highest BCUT2D eigenvalue weighted by Crippen LogP contribution is 2.32. The Balaban J connectivity index is 1.39. The van der Waals surface area contributed by atoms with Gasteiger partial charge in [0, 0.05) is 0 Å². The van der Waals surface area contributed by atoms with Crippen LogP contribution in [0.3, 0.4) is 0 Å². The fourth-order valence-electron chi connectivity index (χ4n) is 3.68. The van der Waals surface area contributed by atoms with E-state index in [2.05, 4.69) is 0 Å². The van der Waals surface area contributed by atoms with Crippen LogP contribution >= 0.6 is 0 Å². The molecule has 2 fully saturated rings. The second kappa shape index (κ2) is 8.08. The second-order valence-electron chi connectivity index (χ2n) is 6.88. The van der Waals surface area contributed by atoms with E-state index < -0.39 is 18.2 Å². The SMILES string of the molecule is O=C(OCc1ccccc1)N1CC(OCc2ccccc2)C2OC[C@H](O)[C@H]21. The number of likely N-dealkylation sites (tertiary alicyclic amines) is 1. The highest BCUT2D eigenvalue weighted by atomic mass is 16.6. The third kappa shape index (κ3) is 3.98. The number of hydrogen-bond acceptors (Lipinski definition) is 5. The van der Waals surface area contributed by atoms with Crippen molar-refractivity contribution in [3.63, 3.8) is 0 Å². The van der Waals surface area contributed by atoms with Crippen LogP contribution < -0.4 is 0 Å². The molecule has 0 bridgehead atoms. The third-order valence-electron chi connectivity index (χ3n) is 5.04. The molecule has 2 saturated heterocycles. The lowest BCUT2D eigenvalue weighted by Crippen LogP contribution is -2.44. The van der Waals surface area contributed by atoms with Gasteiger partial charge in [-0.1, -0.05) is 60.7 Å². The number of aliphatic hydroxyl groups is 1. The molecule has 0 aliphatic carbocycles. The normalized spacial score (nSPS) is 26.8. The molecular formula is C21H23NO5. The van der Waals surface area contributed by atoms with E-state index >= 15 is 0 Å². The predicted molar refractivity (Wildman–Crippen MR) is 97.9 cm³/mol. The van der Waals surface area contributed by atoms with E-state index in [1.165, 1.54) is 0 Å². The fourth-order valence-corrected chi connectivity index (χ4v) is 3.68.